The summed E-state index contributed by atoms with van der Waals surface area (Å²) in [6, 6.07) is 0. The number of nitrogens with zero attached hydrogens (tertiary/aromatic N) is 1. The Labute approximate surface area is 202 Å². The summed E-state index contributed by atoms with van der Waals surface area (Å²) >= 11 is 0. The van der Waals surface area contributed by atoms with Gasteiger partial charge >= 0.3 is 7.60 Å². The van der Waals surface area contributed by atoms with E-state index in [9.17, 15) is 9.46 Å². The van der Waals surface area contributed by atoms with E-state index in [-0.39, 0.29) is 0 Å². The molecule has 0 aromatic carbocycles. The molecule has 0 radical (unpaired) electrons. The van der Waals surface area contributed by atoms with Crippen LogP contribution in [0.1, 0.15) is 136 Å². The fourth-order valence-electron chi connectivity index (χ4n) is 4.35. The Kier molecular flexibility index (Phi) is 21.7. The van der Waals surface area contributed by atoms with Gasteiger partial charge in [-0.2, -0.15) is 0 Å². The average Bonchev–Trinajstić information content (AvgIpc) is 2.73. The van der Waals surface area contributed by atoms with Crippen molar-refractivity contribution in [2.45, 2.75) is 136 Å². The summed E-state index contributed by atoms with van der Waals surface area (Å²) in [5.74, 6) is 0. The first-order valence-corrected chi connectivity index (χ1v) is 15.9. The van der Waals surface area contributed by atoms with Crippen LogP contribution in [0.2, 0.25) is 0 Å². The molecule has 0 aliphatic heterocycles. The lowest BCUT2D eigenvalue weighted by atomic mass is 10.1. The fourth-order valence-corrected chi connectivity index (χ4v) is 5.43. The van der Waals surface area contributed by atoms with E-state index in [1.807, 2.05) is 0 Å². The van der Waals surface area contributed by atoms with Crippen molar-refractivity contribution in [3.8, 4) is 0 Å². The Balaban J connectivity index is 3.61. The average molecular weight is 477 g/mol. The maximum atomic E-state index is 12.3. The third-order valence-electron chi connectivity index (χ3n) is 6.61. The van der Waals surface area contributed by atoms with E-state index in [1.165, 1.54) is 103 Å². The normalized spacial score (nSPS) is 14.0. The second-order valence-corrected chi connectivity index (χ2v) is 12.6. The zero-order valence-electron chi connectivity index (χ0n) is 22.4. The van der Waals surface area contributed by atoms with Crippen LogP contribution in [0.4, 0.5) is 0 Å². The molecule has 4 nitrogen and oxygen atoms in total. The highest BCUT2D eigenvalue weighted by Crippen LogP contribution is 2.42. The van der Waals surface area contributed by atoms with Gasteiger partial charge in [0, 0.05) is 6.42 Å². The van der Waals surface area contributed by atoms with Gasteiger partial charge < -0.3 is 13.9 Å². The number of rotatable bonds is 25. The van der Waals surface area contributed by atoms with Crippen LogP contribution in [-0.4, -0.2) is 49.3 Å². The van der Waals surface area contributed by atoms with Gasteiger partial charge in [0.2, 0.25) is 0 Å². The molecule has 0 aliphatic rings. The Morgan fingerprint density at radius 3 is 1.44 bits per heavy atom. The molecule has 0 rings (SSSR count). The van der Waals surface area contributed by atoms with Crippen molar-refractivity contribution < 1.29 is 18.5 Å². The highest BCUT2D eigenvalue weighted by atomic mass is 31.2. The van der Waals surface area contributed by atoms with Crippen molar-refractivity contribution in [3.05, 3.63) is 0 Å². The first-order valence-electron chi connectivity index (χ1n) is 14.1. The van der Waals surface area contributed by atoms with E-state index >= 15 is 0 Å². The van der Waals surface area contributed by atoms with Crippen molar-refractivity contribution in [2.24, 2.45) is 0 Å². The first kappa shape index (κ1) is 32.1. The first-order chi connectivity index (χ1) is 15.3. The van der Waals surface area contributed by atoms with Gasteiger partial charge in [-0.3, -0.25) is 4.57 Å². The number of quaternary nitrogens is 1. The summed E-state index contributed by atoms with van der Waals surface area (Å²) in [7, 11) is 1.07. The van der Waals surface area contributed by atoms with Gasteiger partial charge in [0.15, 0.2) is 0 Å². The summed E-state index contributed by atoms with van der Waals surface area (Å²) < 4.78 is 18.6. The second-order valence-electron chi connectivity index (χ2n) is 10.6. The highest BCUT2D eigenvalue weighted by Gasteiger charge is 2.22. The largest absolute Gasteiger partial charge is 0.328 e. The second kappa shape index (κ2) is 21.6. The van der Waals surface area contributed by atoms with Gasteiger partial charge in [0.25, 0.3) is 0 Å². The quantitative estimate of drug-likeness (QED) is 0.0814. The van der Waals surface area contributed by atoms with Crippen molar-refractivity contribution in [1.29, 1.82) is 0 Å². The lowest BCUT2D eigenvalue weighted by molar-refractivity contribution is -0.890. The van der Waals surface area contributed by atoms with Crippen molar-refractivity contribution in [3.63, 3.8) is 0 Å². The van der Waals surface area contributed by atoms with Crippen LogP contribution >= 0.6 is 7.60 Å². The summed E-state index contributed by atoms with van der Waals surface area (Å²) in [5, 5.41) is 0. The van der Waals surface area contributed by atoms with E-state index in [0.717, 1.165) is 36.8 Å². The van der Waals surface area contributed by atoms with E-state index in [0.29, 0.717) is 12.8 Å². The Bertz CT molecular complexity index is 443. The third-order valence-corrected chi connectivity index (χ3v) is 8.08. The summed E-state index contributed by atoms with van der Waals surface area (Å²) in [5.41, 5.74) is 0. The molecule has 0 saturated heterocycles. The van der Waals surface area contributed by atoms with Crippen LogP contribution in [0.25, 0.3) is 0 Å². The van der Waals surface area contributed by atoms with Crippen LogP contribution in [0.15, 0.2) is 0 Å². The predicted molar refractivity (Wildman–Crippen MR) is 142 cm³/mol. The third kappa shape index (κ3) is 23.3. The van der Waals surface area contributed by atoms with E-state index in [1.54, 1.807) is 0 Å². The van der Waals surface area contributed by atoms with E-state index in [4.69, 9.17) is 4.52 Å². The van der Waals surface area contributed by atoms with Gasteiger partial charge in [-0.25, -0.2) is 0 Å². The minimum absolute atomic E-state index is 0.296. The van der Waals surface area contributed by atoms with Crippen molar-refractivity contribution in [2.75, 3.05) is 40.0 Å². The minimum Gasteiger partial charge on any atom is -0.328 e. The zero-order valence-corrected chi connectivity index (χ0v) is 23.3. The SMILES string of the molecule is CCCCCCCCCCCCOP(=O)(O)CCC[N+](C)(C)CCCCCCCCCC. The van der Waals surface area contributed by atoms with Crippen LogP contribution in [0.5, 0.6) is 0 Å². The molecule has 0 aromatic rings. The molecule has 0 spiro atoms. The smallest absolute Gasteiger partial charge is 0.328 e. The summed E-state index contributed by atoms with van der Waals surface area (Å²) in [6.07, 6.45) is 24.5. The van der Waals surface area contributed by atoms with Gasteiger partial charge in [0.05, 0.1) is 40.0 Å². The molecule has 0 saturated carbocycles. The van der Waals surface area contributed by atoms with Crippen molar-refractivity contribution >= 4 is 7.60 Å². The number of hydrogen-bond donors (Lipinski definition) is 1. The molecule has 0 bridgehead atoms. The molecule has 0 aromatic heterocycles. The Morgan fingerprint density at radius 1 is 0.594 bits per heavy atom. The maximum absolute atomic E-state index is 12.3. The maximum Gasteiger partial charge on any atom is 0.328 e. The number of hydrogen-bond acceptors (Lipinski definition) is 2. The molecule has 194 valence electrons. The van der Waals surface area contributed by atoms with Crippen LogP contribution in [0.3, 0.4) is 0 Å². The molecule has 0 fully saturated rings. The monoisotopic (exact) mass is 476 g/mol. The number of unbranched alkanes of at least 4 members (excludes halogenated alkanes) is 16. The molecule has 1 unspecified atom stereocenters. The molecule has 0 amide bonds. The Hall–Kier alpha value is 0.110. The standard InChI is InChI=1S/C27H58NO3P/c1-5-7-9-11-13-15-16-18-20-22-26-31-32(29,30)27-23-25-28(3,4)24-21-19-17-14-12-10-8-6-2/h5-27H2,1-4H3/p+1. The predicted octanol–water partition coefficient (Wildman–Crippen LogP) is 8.72. The minimum atomic E-state index is -3.42. The molecule has 0 aliphatic carbocycles. The molecule has 1 N–H and O–H groups in total. The molecular weight excluding hydrogens is 417 g/mol. The zero-order chi connectivity index (χ0) is 24.0. The van der Waals surface area contributed by atoms with Gasteiger partial charge in [-0.15, -0.1) is 0 Å². The van der Waals surface area contributed by atoms with Gasteiger partial charge in [0.1, 0.15) is 0 Å². The fraction of sp³-hybridized carbons (Fsp3) is 1.00. The van der Waals surface area contributed by atoms with Gasteiger partial charge in [-0.05, 0) is 19.3 Å². The lowest BCUT2D eigenvalue weighted by Crippen LogP contribution is -2.41. The Morgan fingerprint density at radius 2 is 0.969 bits per heavy atom. The molecule has 5 heteroatoms. The topological polar surface area (TPSA) is 46.5 Å². The summed E-state index contributed by atoms with van der Waals surface area (Å²) in [4.78, 5) is 10.1. The van der Waals surface area contributed by atoms with E-state index in [2.05, 4.69) is 27.9 Å². The van der Waals surface area contributed by atoms with Crippen LogP contribution in [0, 0.1) is 0 Å². The van der Waals surface area contributed by atoms with E-state index < -0.39 is 7.60 Å². The molecule has 1 atom stereocenters. The highest BCUT2D eigenvalue weighted by molar-refractivity contribution is 7.52. The van der Waals surface area contributed by atoms with Crippen molar-refractivity contribution in [1.82, 2.24) is 0 Å². The summed E-state index contributed by atoms with van der Waals surface area (Å²) in [6.45, 7) is 7.06. The van der Waals surface area contributed by atoms with Gasteiger partial charge in [-0.1, -0.05) is 110 Å². The van der Waals surface area contributed by atoms with Crippen LogP contribution in [-0.2, 0) is 9.09 Å². The molecular formula is C27H59NO3P+. The van der Waals surface area contributed by atoms with Crippen LogP contribution < -0.4 is 0 Å². The lowest BCUT2D eigenvalue weighted by Gasteiger charge is -2.30. The molecule has 0 heterocycles. The molecule has 32 heavy (non-hydrogen) atoms.